The number of fused-ring (bicyclic) bond motifs is 1. The van der Waals surface area contributed by atoms with Crippen LogP contribution < -0.4 is 9.64 Å². The van der Waals surface area contributed by atoms with E-state index in [1.54, 1.807) is 9.80 Å². The number of non-ortho nitro benzene ring substituents is 1. The van der Waals surface area contributed by atoms with Crippen molar-refractivity contribution in [3.8, 4) is 5.75 Å². The average Bonchev–Trinajstić information content (AvgIpc) is 2.79. The number of amides is 1. The lowest BCUT2D eigenvalue weighted by molar-refractivity contribution is -0.384. The normalized spacial score (nSPS) is 12.6. The van der Waals surface area contributed by atoms with E-state index < -0.39 is 10.9 Å². The third kappa shape index (κ3) is 4.92. The molecule has 0 unspecified atom stereocenters. The standard InChI is InChI=1S/C24H21N3O5/c28-23(16-25-17-24(29)32-22-13-20(27(30)31)11-12-21(22)25)26(14-18-7-3-1-4-8-18)15-19-9-5-2-6-10-19/h1-13H,14-17H2. The summed E-state index contributed by atoms with van der Waals surface area (Å²) in [5.41, 5.74) is 2.28. The summed E-state index contributed by atoms with van der Waals surface area (Å²) in [5.74, 6) is -0.652. The van der Waals surface area contributed by atoms with Gasteiger partial charge in [-0.25, -0.2) is 4.79 Å². The van der Waals surface area contributed by atoms with Crippen LogP contribution >= 0.6 is 0 Å². The van der Waals surface area contributed by atoms with E-state index in [9.17, 15) is 19.7 Å². The zero-order valence-corrected chi connectivity index (χ0v) is 17.2. The molecule has 4 rings (SSSR count). The molecule has 3 aromatic rings. The van der Waals surface area contributed by atoms with Gasteiger partial charge < -0.3 is 14.5 Å². The largest absolute Gasteiger partial charge is 0.423 e. The second-order valence-electron chi connectivity index (χ2n) is 7.46. The fourth-order valence-corrected chi connectivity index (χ4v) is 3.60. The third-order valence-corrected chi connectivity index (χ3v) is 5.15. The molecule has 162 valence electrons. The van der Waals surface area contributed by atoms with E-state index in [2.05, 4.69) is 0 Å². The van der Waals surface area contributed by atoms with Crippen molar-refractivity contribution in [1.82, 2.24) is 4.90 Å². The maximum absolute atomic E-state index is 13.3. The molecule has 0 aliphatic carbocycles. The topological polar surface area (TPSA) is 93.0 Å². The van der Waals surface area contributed by atoms with E-state index in [0.29, 0.717) is 18.8 Å². The Morgan fingerprint density at radius 1 is 0.969 bits per heavy atom. The van der Waals surface area contributed by atoms with E-state index >= 15 is 0 Å². The van der Waals surface area contributed by atoms with Crippen molar-refractivity contribution in [2.24, 2.45) is 0 Å². The second kappa shape index (κ2) is 9.30. The van der Waals surface area contributed by atoms with Crippen LogP contribution in [0.2, 0.25) is 0 Å². The summed E-state index contributed by atoms with van der Waals surface area (Å²) in [7, 11) is 0. The van der Waals surface area contributed by atoms with Gasteiger partial charge in [0.25, 0.3) is 5.69 Å². The highest BCUT2D eigenvalue weighted by molar-refractivity contribution is 5.89. The minimum Gasteiger partial charge on any atom is -0.423 e. The Labute approximate surface area is 184 Å². The first-order chi connectivity index (χ1) is 15.5. The zero-order chi connectivity index (χ0) is 22.5. The summed E-state index contributed by atoms with van der Waals surface area (Å²) in [4.78, 5) is 39.3. The van der Waals surface area contributed by atoms with Crippen LogP contribution in [0.5, 0.6) is 5.75 Å². The second-order valence-corrected chi connectivity index (χ2v) is 7.46. The summed E-state index contributed by atoms with van der Waals surface area (Å²) in [6, 6.07) is 23.4. The number of benzene rings is 3. The van der Waals surface area contributed by atoms with Crippen molar-refractivity contribution >= 4 is 23.3 Å². The molecule has 8 heteroatoms. The van der Waals surface area contributed by atoms with E-state index in [1.807, 2.05) is 60.7 Å². The number of carbonyl (C=O) groups is 2. The molecule has 8 nitrogen and oxygen atoms in total. The lowest BCUT2D eigenvalue weighted by atomic mass is 10.1. The van der Waals surface area contributed by atoms with Crippen LogP contribution in [0.25, 0.3) is 0 Å². The Hall–Kier alpha value is -4.20. The maximum atomic E-state index is 13.3. The van der Waals surface area contributed by atoms with Crippen LogP contribution in [0.3, 0.4) is 0 Å². The minimum absolute atomic E-state index is 0.0560. The number of nitrogens with zero attached hydrogens (tertiary/aromatic N) is 3. The van der Waals surface area contributed by atoms with Crippen LogP contribution in [0.4, 0.5) is 11.4 Å². The number of ether oxygens (including phenoxy) is 1. The number of carbonyl (C=O) groups excluding carboxylic acids is 2. The van der Waals surface area contributed by atoms with Crippen molar-refractivity contribution in [1.29, 1.82) is 0 Å². The van der Waals surface area contributed by atoms with Crippen molar-refractivity contribution in [2.75, 3.05) is 18.0 Å². The number of esters is 1. The summed E-state index contributed by atoms with van der Waals surface area (Å²) >= 11 is 0. The summed E-state index contributed by atoms with van der Waals surface area (Å²) in [5, 5.41) is 11.1. The van der Waals surface area contributed by atoms with E-state index in [4.69, 9.17) is 4.74 Å². The van der Waals surface area contributed by atoms with Crippen LogP contribution in [0, 0.1) is 10.1 Å². The monoisotopic (exact) mass is 431 g/mol. The molecule has 0 aromatic heterocycles. The highest BCUT2D eigenvalue weighted by atomic mass is 16.6. The molecule has 0 atom stereocenters. The fraction of sp³-hybridized carbons (Fsp3) is 0.167. The summed E-state index contributed by atoms with van der Waals surface area (Å²) < 4.78 is 5.18. The van der Waals surface area contributed by atoms with Crippen molar-refractivity contribution < 1.29 is 19.2 Å². The number of nitro benzene ring substituents is 1. The van der Waals surface area contributed by atoms with Gasteiger partial charge in [0, 0.05) is 19.2 Å². The van der Waals surface area contributed by atoms with Gasteiger partial charge in [-0.3, -0.25) is 14.9 Å². The van der Waals surface area contributed by atoms with Gasteiger partial charge in [0.2, 0.25) is 5.91 Å². The van der Waals surface area contributed by atoms with Gasteiger partial charge >= 0.3 is 5.97 Å². The molecule has 0 saturated carbocycles. The molecule has 32 heavy (non-hydrogen) atoms. The Bertz CT molecular complexity index is 1090. The number of nitro groups is 1. The van der Waals surface area contributed by atoms with E-state index in [1.165, 1.54) is 18.2 Å². The van der Waals surface area contributed by atoms with Crippen LogP contribution in [0.15, 0.2) is 78.9 Å². The Balaban J connectivity index is 1.57. The van der Waals surface area contributed by atoms with Gasteiger partial charge in [0.05, 0.1) is 23.2 Å². The number of hydrogen-bond donors (Lipinski definition) is 0. The Morgan fingerprint density at radius 3 is 2.12 bits per heavy atom. The summed E-state index contributed by atoms with van der Waals surface area (Å²) in [6.07, 6.45) is 0. The van der Waals surface area contributed by atoms with Crippen molar-refractivity contribution in [2.45, 2.75) is 13.1 Å². The minimum atomic E-state index is -0.566. The molecule has 0 N–H and O–H groups in total. The van der Waals surface area contributed by atoms with Crippen LogP contribution in [-0.4, -0.2) is 34.8 Å². The molecule has 0 bridgehead atoms. The van der Waals surface area contributed by atoms with Gasteiger partial charge in [-0.1, -0.05) is 60.7 Å². The average molecular weight is 431 g/mol. The number of hydrogen-bond acceptors (Lipinski definition) is 6. The first-order valence-electron chi connectivity index (χ1n) is 10.1. The SMILES string of the molecule is O=C1CN(CC(=O)N(Cc2ccccc2)Cc2ccccc2)c2ccc([N+](=O)[O-])cc2O1. The van der Waals surface area contributed by atoms with Crippen LogP contribution in [0.1, 0.15) is 11.1 Å². The first kappa shape index (κ1) is 21.0. The molecule has 1 heterocycles. The molecule has 0 saturated heterocycles. The third-order valence-electron chi connectivity index (χ3n) is 5.15. The molecule has 1 aliphatic heterocycles. The quantitative estimate of drug-likeness (QED) is 0.246. The fourth-order valence-electron chi connectivity index (χ4n) is 3.60. The molecule has 0 spiro atoms. The maximum Gasteiger partial charge on any atom is 0.331 e. The Kier molecular flexibility index (Phi) is 6.12. The van der Waals surface area contributed by atoms with Gasteiger partial charge in [-0.05, 0) is 17.2 Å². The molecule has 1 amide bonds. The number of anilines is 1. The molecular formula is C24H21N3O5. The van der Waals surface area contributed by atoms with E-state index in [-0.39, 0.29) is 30.4 Å². The predicted octanol–water partition coefficient (Wildman–Crippen LogP) is 3.55. The highest BCUT2D eigenvalue weighted by Crippen LogP contribution is 2.35. The van der Waals surface area contributed by atoms with E-state index in [0.717, 1.165) is 11.1 Å². The van der Waals surface area contributed by atoms with Gasteiger partial charge in [0.1, 0.15) is 6.54 Å². The molecule has 1 aliphatic rings. The molecule has 0 radical (unpaired) electrons. The van der Waals surface area contributed by atoms with Gasteiger partial charge in [-0.2, -0.15) is 0 Å². The van der Waals surface area contributed by atoms with Crippen molar-refractivity contribution in [3.05, 3.63) is 100 Å². The zero-order valence-electron chi connectivity index (χ0n) is 17.2. The molecule has 3 aromatic carbocycles. The predicted molar refractivity (Wildman–Crippen MR) is 118 cm³/mol. The van der Waals surface area contributed by atoms with Gasteiger partial charge in [0.15, 0.2) is 5.75 Å². The molecule has 0 fully saturated rings. The smallest absolute Gasteiger partial charge is 0.331 e. The highest BCUT2D eigenvalue weighted by Gasteiger charge is 2.29. The van der Waals surface area contributed by atoms with Gasteiger partial charge in [-0.15, -0.1) is 0 Å². The Morgan fingerprint density at radius 2 is 1.56 bits per heavy atom. The number of rotatable bonds is 7. The molecular weight excluding hydrogens is 410 g/mol. The van der Waals surface area contributed by atoms with Crippen molar-refractivity contribution in [3.63, 3.8) is 0 Å². The first-order valence-corrected chi connectivity index (χ1v) is 10.1. The lowest BCUT2D eigenvalue weighted by Gasteiger charge is -2.31. The van der Waals surface area contributed by atoms with Crippen LogP contribution in [-0.2, 0) is 22.7 Å². The lowest BCUT2D eigenvalue weighted by Crippen LogP contribution is -2.44. The summed E-state index contributed by atoms with van der Waals surface area (Å²) in [6.45, 7) is 0.667.